The summed E-state index contributed by atoms with van der Waals surface area (Å²) in [5.41, 5.74) is 0. The molecule has 0 bridgehead atoms. The molecule has 1 atom stereocenters. The first-order valence-electron chi connectivity index (χ1n) is 11.7. The summed E-state index contributed by atoms with van der Waals surface area (Å²) in [5.74, 6) is -0.501. The van der Waals surface area contributed by atoms with Crippen LogP contribution in [0.1, 0.15) is 122 Å². The van der Waals surface area contributed by atoms with E-state index in [9.17, 15) is 9.59 Å². The summed E-state index contributed by atoms with van der Waals surface area (Å²) in [5, 5.41) is 2.35. The van der Waals surface area contributed by atoms with Gasteiger partial charge in [0.15, 0.2) is 0 Å². The van der Waals surface area contributed by atoms with Crippen LogP contribution in [0.25, 0.3) is 0 Å². The summed E-state index contributed by atoms with van der Waals surface area (Å²) < 4.78 is 0. The number of carbonyl (C=O) groups excluding carboxylic acids is 2. The summed E-state index contributed by atoms with van der Waals surface area (Å²) in [6.45, 7) is 2.28. The molecule has 3 nitrogen and oxygen atoms in total. The van der Waals surface area contributed by atoms with Gasteiger partial charge in [-0.1, -0.05) is 115 Å². The van der Waals surface area contributed by atoms with Crippen molar-refractivity contribution in [1.82, 2.24) is 5.32 Å². The lowest BCUT2D eigenvalue weighted by Gasteiger charge is -2.03. The van der Waals surface area contributed by atoms with Gasteiger partial charge in [-0.05, 0) is 12.8 Å². The first kappa shape index (κ1) is 23.9. The lowest BCUT2D eigenvalue weighted by molar-refractivity contribution is -0.125. The van der Waals surface area contributed by atoms with Crippen molar-refractivity contribution in [2.75, 3.05) is 0 Å². The van der Waals surface area contributed by atoms with Crippen LogP contribution in [-0.4, -0.2) is 11.8 Å². The van der Waals surface area contributed by atoms with Crippen molar-refractivity contribution >= 4 is 11.8 Å². The maximum atomic E-state index is 11.4. The van der Waals surface area contributed by atoms with E-state index in [-0.39, 0.29) is 17.7 Å². The van der Waals surface area contributed by atoms with Crippen molar-refractivity contribution in [1.29, 1.82) is 0 Å². The molecule has 1 heterocycles. The zero-order valence-corrected chi connectivity index (χ0v) is 17.8. The Bertz CT molecular complexity index is 417. The average Bonchev–Trinajstić information content (AvgIpc) is 2.98. The molecule has 3 heteroatoms. The number of nitrogens with one attached hydrogen (secondary N) is 1. The number of carbonyl (C=O) groups is 2. The molecule has 1 saturated heterocycles. The fraction of sp³-hybridized carbons (Fsp3) is 0.833. The zero-order chi connectivity index (χ0) is 19.6. The molecule has 0 aliphatic carbocycles. The van der Waals surface area contributed by atoms with Crippen LogP contribution in [0.2, 0.25) is 0 Å². The lowest BCUT2D eigenvalue weighted by atomic mass is 10.0. The van der Waals surface area contributed by atoms with E-state index in [0.717, 1.165) is 6.42 Å². The fourth-order valence-corrected chi connectivity index (χ4v) is 3.80. The van der Waals surface area contributed by atoms with Crippen LogP contribution in [0, 0.1) is 5.92 Å². The maximum absolute atomic E-state index is 11.4. The van der Waals surface area contributed by atoms with Gasteiger partial charge in [-0.25, -0.2) is 0 Å². The second kappa shape index (κ2) is 17.0. The minimum absolute atomic E-state index is 0.136. The van der Waals surface area contributed by atoms with Crippen molar-refractivity contribution in [3.63, 3.8) is 0 Å². The maximum Gasteiger partial charge on any atom is 0.233 e. The van der Waals surface area contributed by atoms with Gasteiger partial charge in [0.05, 0.1) is 5.92 Å². The van der Waals surface area contributed by atoms with Crippen molar-refractivity contribution in [3.05, 3.63) is 12.2 Å². The number of unbranched alkanes of at least 4 members (excludes halogenated alkanes) is 16. The SMILES string of the molecule is CCCCCCCCCCCCCCCCCCC=CC1CC(=O)NC1=O. The van der Waals surface area contributed by atoms with Gasteiger partial charge in [0, 0.05) is 6.42 Å². The predicted octanol–water partition coefficient (Wildman–Crippen LogP) is 6.86. The van der Waals surface area contributed by atoms with E-state index in [0.29, 0.717) is 6.42 Å². The van der Waals surface area contributed by atoms with Crippen molar-refractivity contribution in [2.24, 2.45) is 5.92 Å². The third kappa shape index (κ3) is 13.7. The van der Waals surface area contributed by atoms with Crippen LogP contribution in [0.3, 0.4) is 0 Å². The van der Waals surface area contributed by atoms with Gasteiger partial charge in [-0.15, -0.1) is 0 Å². The zero-order valence-electron chi connectivity index (χ0n) is 17.8. The summed E-state index contributed by atoms with van der Waals surface area (Å²) in [6.07, 6.45) is 27.5. The Hall–Kier alpha value is -1.12. The highest BCUT2D eigenvalue weighted by molar-refractivity contribution is 6.04. The van der Waals surface area contributed by atoms with E-state index in [1.807, 2.05) is 6.08 Å². The molecule has 1 unspecified atom stereocenters. The Labute approximate surface area is 167 Å². The Balaban J connectivity index is 1.74. The van der Waals surface area contributed by atoms with Crippen LogP contribution in [0.15, 0.2) is 12.2 Å². The van der Waals surface area contributed by atoms with E-state index in [1.165, 1.54) is 103 Å². The minimum atomic E-state index is -0.224. The highest BCUT2D eigenvalue weighted by Gasteiger charge is 2.27. The minimum Gasteiger partial charge on any atom is -0.296 e. The second-order valence-electron chi connectivity index (χ2n) is 8.24. The number of hydrogen-bond donors (Lipinski definition) is 1. The second-order valence-corrected chi connectivity index (χ2v) is 8.24. The van der Waals surface area contributed by atoms with Crippen LogP contribution >= 0.6 is 0 Å². The molecule has 1 N–H and O–H groups in total. The van der Waals surface area contributed by atoms with Crippen LogP contribution in [-0.2, 0) is 9.59 Å². The number of rotatable bonds is 18. The van der Waals surface area contributed by atoms with Gasteiger partial charge in [-0.3, -0.25) is 14.9 Å². The molecule has 1 aliphatic rings. The van der Waals surface area contributed by atoms with Crippen molar-refractivity contribution in [3.8, 4) is 0 Å². The Kier molecular flexibility index (Phi) is 15.1. The molecule has 0 aromatic rings. The van der Waals surface area contributed by atoms with E-state index in [1.54, 1.807) is 0 Å². The first-order valence-corrected chi connectivity index (χ1v) is 11.7. The van der Waals surface area contributed by atoms with Gasteiger partial charge in [-0.2, -0.15) is 0 Å². The Morgan fingerprint density at radius 3 is 1.59 bits per heavy atom. The molecular formula is C24H43NO2. The van der Waals surface area contributed by atoms with Gasteiger partial charge < -0.3 is 0 Å². The normalized spacial score (nSPS) is 17.1. The van der Waals surface area contributed by atoms with E-state index in [4.69, 9.17) is 0 Å². The van der Waals surface area contributed by atoms with Gasteiger partial charge in [0.2, 0.25) is 11.8 Å². The van der Waals surface area contributed by atoms with Crippen LogP contribution < -0.4 is 5.32 Å². The summed E-state index contributed by atoms with van der Waals surface area (Å²) >= 11 is 0. The molecule has 1 fully saturated rings. The van der Waals surface area contributed by atoms with Crippen molar-refractivity contribution < 1.29 is 9.59 Å². The quantitative estimate of drug-likeness (QED) is 0.161. The standard InChI is InChI=1S/C24H43NO2/c1-2-3-4-5-6-7-8-9-10-11-12-13-14-15-16-17-18-19-20-22-21-23(26)25-24(22)27/h19-20,22H,2-18,21H2,1H3,(H,25,26,27). The number of hydrogen-bond acceptors (Lipinski definition) is 2. The van der Waals surface area contributed by atoms with Gasteiger partial charge >= 0.3 is 0 Å². The molecule has 0 aromatic heterocycles. The van der Waals surface area contributed by atoms with E-state index in [2.05, 4.69) is 18.3 Å². The smallest absolute Gasteiger partial charge is 0.233 e. The molecule has 1 rings (SSSR count). The van der Waals surface area contributed by atoms with E-state index < -0.39 is 0 Å². The predicted molar refractivity (Wildman–Crippen MR) is 115 cm³/mol. The first-order chi connectivity index (χ1) is 13.2. The molecule has 27 heavy (non-hydrogen) atoms. The average molecular weight is 378 g/mol. The monoisotopic (exact) mass is 377 g/mol. The largest absolute Gasteiger partial charge is 0.296 e. The molecule has 0 aromatic carbocycles. The molecular weight excluding hydrogens is 334 g/mol. The molecule has 0 radical (unpaired) electrons. The molecule has 0 spiro atoms. The van der Waals surface area contributed by atoms with Crippen LogP contribution in [0.4, 0.5) is 0 Å². The Morgan fingerprint density at radius 2 is 1.19 bits per heavy atom. The summed E-state index contributed by atoms with van der Waals surface area (Å²) in [7, 11) is 0. The fourth-order valence-electron chi connectivity index (χ4n) is 3.80. The number of imide groups is 1. The van der Waals surface area contributed by atoms with Gasteiger partial charge in [0.25, 0.3) is 0 Å². The topological polar surface area (TPSA) is 46.2 Å². The lowest BCUT2D eigenvalue weighted by Crippen LogP contribution is -2.21. The highest BCUT2D eigenvalue weighted by atomic mass is 16.2. The summed E-state index contributed by atoms with van der Waals surface area (Å²) in [6, 6.07) is 0. The highest BCUT2D eigenvalue weighted by Crippen LogP contribution is 2.15. The van der Waals surface area contributed by atoms with E-state index >= 15 is 0 Å². The summed E-state index contributed by atoms with van der Waals surface area (Å²) in [4.78, 5) is 22.5. The third-order valence-corrected chi connectivity index (χ3v) is 5.60. The molecule has 2 amide bonds. The van der Waals surface area contributed by atoms with Crippen molar-refractivity contribution in [2.45, 2.75) is 122 Å². The third-order valence-electron chi connectivity index (χ3n) is 5.60. The molecule has 0 saturated carbocycles. The molecule has 156 valence electrons. The number of allylic oxidation sites excluding steroid dienone is 1. The Morgan fingerprint density at radius 1 is 0.741 bits per heavy atom. The molecule has 1 aliphatic heterocycles. The van der Waals surface area contributed by atoms with Gasteiger partial charge in [0.1, 0.15) is 0 Å². The van der Waals surface area contributed by atoms with Crippen LogP contribution in [0.5, 0.6) is 0 Å². The number of amides is 2.